The van der Waals surface area contributed by atoms with E-state index in [1.165, 1.54) is 6.92 Å². The molecule has 2 rings (SSSR count). The van der Waals surface area contributed by atoms with E-state index in [1.807, 2.05) is 6.07 Å². The summed E-state index contributed by atoms with van der Waals surface area (Å²) in [5.41, 5.74) is 5.56. The molecular weight excluding hydrogens is 282 g/mol. The highest BCUT2D eigenvalue weighted by atomic mass is 16.2. The third kappa shape index (κ3) is 3.92. The van der Waals surface area contributed by atoms with Crippen molar-refractivity contribution in [3.8, 4) is 0 Å². The highest BCUT2D eigenvalue weighted by molar-refractivity contribution is 6.09. The molecule has 0 saturated carbocycles. The monoisotopic (exact) mass is 297 g/mol. The molecule has 0 aliphatic heterocycles. The van der Waals surface area contributed by atoms with E-state index in [0.717, 1.165) is 0 Å². The summed E-state index contributed by atoms with van der Waals surface area (Å²) < 4.78 is 0. The average Bonchev–Trinajstić information content (AvgIpc) is 2.54. The van der Waals surface area contributed by atoms with Gasteiger partial charge in [-0.05, 0) is 24.3 Å². The molecule has 0 aromatic heterocycles. The van der Waals surface area contributed by atoms with Gasteiger partial charge in [-0.15, -0.1) is 0 Å². The minimum atomic E-state index is -0.515. The standard InChI is InChI=1S/C16H15N3O3/c1-11(20)18-19-16(22)13-9-5-6-10-14(13)17-15(21)12-7-3-2-4-8-12/h2-10H,1H3,(H,17,21)(H,18,20)(H,19,22). The summed E-state index contributed by atoms with van der Waals surface area (Å²) in [7, 11) is 0. The molecule has 0 saturated heterocycles. The van der Waals surface area contributed by atoms with Crippen molar-refractivity contribution < 1.29 is 14.4 Å². The summed E-state index contributed by atoms with van der Waals surface area (Å²) in [5, 5.41) is 2.68. The fourth-order valence-electron chi connectivity index (χ4n) is 1.79. The van der Waals surface area contributed by atoms with E-state index < -0.39 is 5.91 Å². The highest BCUT2D eigenvalue weighted by Crippen LogP contribution is 2.16. The number of hydrogen-bond donors (Lipinski definition) is 3. The molecule has 0 radical (unpaired) electrons. The number of hydrogen-bond acceptors (Lipinski definition) is 3. The molecule has 3 amide bonds. The second kappa shape index (κ2) is 7.03. The maximum absolute atomic E-state index is 12.1. The van der Waals surface area contributed by atoms with Gasteiger partial charge in [0.15, 0.2) is 0 Å². The fraction of sp³-hybridized carbons (Fsp3) is 0.0625. The lowest BCUT2D eigenvalue weighted by molar-refractivity contribution is -0.119. The average molecular weight is 297 g/mol. The summed E-state index contributed by atoms with van der Waals surface area (Å²) >= 11 is 0. The molecule has 0 aliphatic carbocycles. The SMILES string of the molecule is CC(=O)NNC(=O)c1ccccc1NC(=O)c1ccccc1. The van der Waals surface area contributed by atoms with Crippen molar-refractivity contribution in [2.75, 3.05) is 5.32 Å². The highest BCUT2D eigenvalue weighted by Gasteiger charge is 2.13. The lowest BCUT2D eigenvalue weighted by Gasteiger charge is -2.11. The number of carbonyl (C=O) groups is 3. The normalized spacial score (nSPS) is 9.68. The van der Waals surface area contributed by atoms with Crippen LogP contribution in [0.3, 0.4) is 0 Å². The van der Waals surface area contributed by atoms with Gasteiger partial charge in [0.2, 0.25) is 5.91 Å². The van der Waals surface area contributed by atoms with E-state index in [9.17, 15) is 14.4 Å². The Morgan fingerprint density at radius 3 is 2.09 bits per heavy atom. The Labute approximate surface area is 127 Å². The van der Waals surface area contributed by atoms with Crippen molar-refractivity contribution in [3.05, 3.63) is 65.7 Å². The molecule has 0 bridgehead atoms. The van der Waals surface area contributed by atoms with Gasteiger partial charge >= 0.3 is 0 Å². The van der Waals surface area contributed by atoms with Crippen LogP contribution in [0, 0.1) is 0 Å². The number of anilines is 1. The number of benzene rings is 2. The molecule has 6 heteroatoms. The Kier molecular flexibility index (Phi) is 4.87. The van der Waals surface area contributed by atoms with Crippen molar-refractivity contribution >= 4 is 23.4 Å². The van der Waals surface area contributed by atoms with Gasteiger partial charge in [-0.25, -0.2) is 0 Å². The smallest absolute Gasteiger partial charge is 0.271 e. The van der Waals surface area contributed by atoms with E-state index in [0.29, 0.717) is 11.3 Å². The van der Waals surface area contributed by atoms with Crippen LogP contribution >= 0.6 is 0 Å². The summed E-state index contributed by atoms with van der Waals surface area (Å²) in [6, 6.07) is 15.2. The summed E-state index contributed by atoms with van der Waals surface area (Å²) in [5.74, 6) is -1.22. The number of rotatable bonds is 3. The van der Waals surface area contributed by atoms with Crippen LogP contribution in [0.4, 0.5) is 5.69 Å². The van der Waals surface area contributed by atoms with Crippen molar-refractivity contribution in [2.24, 2.45) is 0 Å². The molecule has 6 nitrogen and oxygen atoms in total. The Morgan fingerprint density at radius 1 is 0.773 bits per heavy atom. The Hall–Kier alpha value is -3.15. The third-order valence-electron chi connectivity index (χ3n) is 2.81. The number of nitrogens with one attached hydrogen (secondary N) is 3. The maximum atomic E-state index is 12.1. The van der Waals surface area contributed by atoms with E-state index in [1.54, 1.807) is 48.5 Å². The van der Waals surface area contributed by atoms with Crippen LogP contribution in [0.2, 0.25) is 0 Å². The van der Waals surface area contributed by atoms with Gasteiger partial charge in [0.25, 0.3) is 11.8 Å². The first-order valence-corrected chi connectivity index (χ1v) is 6.60. The van der Waals surface area contributed by atoms with Crippen molar-refractivity contribution in [1.29, 1.82) is 0 Å². The first-order valence-electron chi connectivity index (χ1n) is 6.60. The number of hydrazine groups is 1. The second-order valence-corrected chi connectivity index (χ2v) is 4.50. The summed E-state index contributed by atoms with van der Waals surface area (Å²) in [6.45, 7) is 1.28. The summed E-state index contributed by atoms with van der Waals surface area (Å²) in [4.78, 5) is 35.0. The predicted octanol–water partition coefficient (Wildman–Crippen LogP) is 1.72. The largest absolute Gasteiger partial charge is 0.321 e. The van der Waals surface area contributed by atoms with Crippen LogP contribution in [0.5, 0.6) is 0 Å². The Morgan fingerprint density at radius 2 is 1.41 bits per heavy atom. The van der Waals surface area contributed by atoms with E-state index in [-0.39, 0.29) is 17.4 Å². The minimum absolute atomic E-state index is 0.250. The lowest BCUT2D eigenvalue weighted by atomic mass is 10.1. The van der Waals surface area contributed by atoms with Gasteiger partial charge in [-0.1, -0.05) is 30.3 Å². The number of para-hydroxylation sites is 1. The van der Waals surface area contributed by atoms with Gasteiger partial charge in [0, 0.05) is 12.5 Å². The Bertz CT molecular complexity index is 699. The maximum Gasteiger partial charge on any atom is 0.271 e. The molecule has 2 aromatic rings. The first kappa shape index (κ1) is 15.2. The Balaban J connectivity index is 2.16. The molecule has 112 valence electrons. The lowest BCUT2D eigenvalue weighted by Crippen LogP contribution is -2.40. The molecule has 0 aliphatic rings. The van der Waals surface area contributed by atoms with Crippen LogP contribution in [0.15, 0.2) is 54.6 Å². The van der Waals surface area contributed by atoms with E-state index in [4.69, 9.17) is 0 Å². The van der Waals surface area contributed by atoms with E-state index >= 15 is 0 Å². The van der Waals surface area contributed by atoms with Crippen molar-refractivity contribution in [3.63, 3.8) is 0 Å². The second-order valence-electron chi connectivity index (χ2n) is 4.50. The molecule has 2 aromatic carbocycles. The first-order chi connectivity index (χ1) is 10.6. The predicted molar refractivity (Wildman–Crippen MR) is 82.1 cm³/mol. The molecule has 0 atom stereocenters. The molecule has 0 heterocycles. The van der Waals surface area contributed by atoms with E-state index in [2.05, 4.69) is 16.2 Å². The molecule has 3 N–H and O–H groups in total. The molecule has 0 fully saturated rings. The van der Waals surface area contributed by atoms with Crippen LogP contribution in [0.1, 0.15) is 27.6 Å². The fourth-order valence-corrected chi connectivity index (χ4v) is 1.79. The quantitative estimate of drug-likeness (QED) is 0.754. The third-order valence-corrected chi connectivity index (χ3v) is 2.81. The van der Waals surface area contributed by atoms with Gasteiger partial charge in [0.1, 0.15) is 0 Å². The van der Waals surface area contributed by atoms with Crippen molar-refractivity contribution in [1.82, 2.24) is 10.9 Å². The van der Waals surface area contributed by atoms with Gasteiger partial charge in [0.05, 0.1) is 11.3 Å². The van der Waals surface area contributed by atoms with Gasteiger partial charge in [-0.3, -0.25) is 25.2 Å². The van der Waals surface area contributed by atoms with Gasteiger partial charge < -0.3 is 5.32 Å². The van der Waals surface area contributed by atoms with Crippen LogP contribution < -0.4 is 16.2 Å². The summed E-state index contributed by atoms with van der Waals surface area (Å²) in [6.07, 6.45) is 0. The van der Waals surface area contributed by atoms with Crippen LogP contribution in [-0.2, 0) is 4.79 Å². The van der Waals surface area contributed by atoms with Crippen molar-refractivity contribution in [2.45, 2.75) is 6.92 Å². The number of carbonyl (C=O) groups excluding carboxylic acids is 3. The number of amides is 3. The minimum Gasteiger partial charge on any atom is -0.321 e. The molecule has 0 unspecified atom stereocenters. The molecule has 0 spiro atoms. The van der Waals surface area contributed by atoms with Crippen LogP contribution in [0.25, 0.3) is 0 Å². The molecule has 22 heavy (non-hydrogen) atoms. The zero-order valence-corrected chi connectivity index (χ0v) is 11.9. The van der Waals surface area contributed by atoms with Crippen LogP contribution in [-0.4, -0.2) is 17.7 Å². The van der Waals surface area contributed by atoms with Gasteiger partial charge in [-0.2, -0.15) is 0 Å². The molecular formula is C16H15N3O3. The zero-order chi connectivity index (χ0) is 15.9. The topological polar surface area (TPSA) is 87.3 Å². The zero-order valence-electron chi connectivity index (χ0n) is 11.9.